The topological polar surface area (TPSA) is 92.5 Å². The van der Waals surface area contributed by atoms with E-state index >= 15 is 0 Å². The van der Waals surface area contributed by atoms with Crippen molar-refractivity contribution in [1.29, 1.82) is 0 Å². The number of carbonyl (C=O) groups excluding carboxylic acids is 1. The lowest BCUT2D eigenvalue weighted by Crippen LogP contribution is -2.41. The maximum Gasteiger partial charge on any atom is 0.240 e. The van der Waals surface area contributed by atoms with E-state index in [4.69, 9.17) is 5.73 Å². The Morgan fingerprint density at radius 3 is 2.52 bits per heavy atom. The number of rotatable bonds is 8. The molecule has 1 aliphatic heterocycles. The monoisotopic (exact) mass is 389 g/mol. The molecule has 0 aliphatic carbocycles. The number of sulfonamides is 1. The van der Waals surface area contributed by atoms with Crippen molar-refractivity contribution in [2.75, 3.05) is 32.7 Å². The predicted octanol–water partition coefficient (Wildman–Crippen LogP) is 1.75. The maximum atomic E-state index is 12.5. The maximum absolute atomic E-state index is 12.5. The van der Waals surface area contributed by atoms with Crippen LogP contribution < -0.4 is 10.5 Å². The average molecular weight is 390 g/mol. The fourth-order valence-electron chi connectivity index (χ4n) is 3.57. The van der Waals surface area contributed by atoms with Crippen LogP contribution >= 0.6 is 0 Å². The first kappa shape index (κ1) is 19.9. The van der Waals surface area contributed by atoms with Crippen molar-refractivity contribution in [3.63, 3.8) is 0 Å². The van der Waals surface area contributed by atoms with Crippen molar-refractivity contribution in [3.05, 3.63) is 42.5 Å². The zero-order chi connectivity index (χ0) is 19.3. The third kappa shape index (κ3) is 5.35. The van der Waals surface area contributed by atoms with Crippen LogP contribution in [0, 0.1) is 5.92 Å². The van der Waals surface area contributed by atoms with Gasteiger partial charge in [0.2, 0.25) is 10.0 Å². The van der Waals surface area contributed by atoms with E-state index in [1.54, 1.807) is 18.2 Å². The minimum absolute atomic E-state index is 0.114. The molecule has 146 valence electrons. The highest BCUT2D eigenvalue weighted by Gasteiger charge is 2.21. The number of carbonyl (C=O) groups is 1. The highest BCUT2D eigenvalue weighted by atomic mass is 32.2. The zero-order valence-electron chi connectivity index (χ0n) is 15.4. The third-order valence-electron chi connectivity index (χ3n) is 5.17. The molecule has 2 aromatic rings. The molecule has 7 heteroatoms. The molecule has 0 spiro atoms. The van der Waals surface area contributed by atoms with Gasteiger partial charge in [0.05, 0.1) is 18.0 Å². The number of hydrogen-bond acceptors (Lipinski definition) is 5. The summed E-state index contributed by atoms with van der Waals surface area (Å²) in [5.74, 6) is 0.532. The van der Waals surface area contributed by atoms with Crippen LogP contribution in [0.25, 0.3) is 10.8 Å². The van der Waals surface area contributed by atoms with Gasteiger partial charge in [-0.1, -0.05) is 30.3 Å². The van der Waals surface area contributed by atoms with Crippen LogP contribution in [-0.2, 0) is 14.8 Å². The van der Waals surface area contributed by atoms with Gasteiger partial charge in [-0.05, 0) is 67.7 Å². The third-order valence-corrected chi connectivity index (χ3v) is 6.57. The molecule has 0 amide bonds. The van der Waals surface area contributed by atoms with Gasteiger partial charge in [0.25, 0.3) is 0 Å². The number of hydrogen-bond donors (Lipinski definition) is 2. The minimum Gasteiger partial charge on any atom is -0.330 e. The van der Waals surface area contributed by atoms with Crippen molar-refractivity contribution in [3.8, 4) is 0 Å². The normalized spacial score (nSPS) is 16.6. The molecule has 1 fully saturated rings. The van der Waals surface area contributed by atoms with E-state index in [9.17, 15) is 13.2 Å². The fourth-order valence-corrected chi connectivity index (χ4v) is 4.61. The van der Waals surface area contributed by atoms with E-state index < -0.39 is 10.0 Å². The molecule has 1 saturated heterocycles. The van der Waals surface area contributed by atoms with Gasteiger partial charge >= 0.3 is 0 Å². The largest absolute Gasteiger partial charge is 0.330 e. The molecule has 27 heavy (non-hydrogen) atoms. The quantitative estimate of drug-likeness (QED) is 0.718. The first-order chi connectivity index (χ1) is 13.0. The SMILES string of the molecule is NCCC1CCN(CC(=O)CNS(=O)(=O)c2ccc3ccccc3c2)CC1. The van der Waals surface area contributed by atoms with Crippen LogP contribution in [0.5, 0.6) is 0 Å². The summed E-state index contributed by atoms with van der Waals surface area (Å²) in [6, 6.07) is 12.5. The molecular weight excluding hydrogens is 362 g/mol. The van der Waals surface area contributed by atoms with Crippen LogP contribution in [0.4, 0.5) is 0 Å². The van der Waals surface area contributed by atoms with Crippen LogP contribution in [0.1, 0.15) is 19.3 Å². The van der Waals surface area contributed by atoms with Gasteiger partial charge in [-0.2, -0.15) is 0 Å². The first-order valence-electron chi connectivity index (χ1n) is 9.40. The summed E-state index contributed by atoms with van der Waals surface area (Å²) in [6.45, 7) is 2.55. The number of fused-ring (bicyclic) bond motifs is 1. The number of piperidine rings is 1. The number of nitrogens with zero attached hydrogens (tertiary/aromatic N) is 1. The van der Waals surface area contributed by atoms with E-state index in [-0.39, 0.29) is 23.8 Å². The van der Waals surface area contributed by atoms with Gasteiger partial charge in [-0.15, -0.1) is 0 Å². The molecule has 3 rings (SSSR count). The van der Waals surface area contributed by atoms with E-state index in [0.717, 1.165) is 43.1 Å². The van der Waals surface area contributed by atoms with Gasteiger partial charge in [0, 0.05) is 0 Å². The van der Waals surface area contributed by atoms with Crippen LogP contribution in [-0.4, -0.2) is 51.8 Å². The van der Waals surface area contributed by atoms with Crippen molar-refractivity contribution in [2.24, 2.45) is 11.7 Å². The van der Waals surface area contributed by atoms with Gasteiger partial charge < -0.3 is 5.73 Å². The van der Waals surface area contributed by atoms with Gasteiger partial charge in [-0.3, -0.25) is 9.69 Å². The minimum atomic E-state index is -3.71. The van der Waals surface area contributed by atoms with Gasteiger partial charge in [-0.25, -0.2) is 13.1 Å². The van der Waals surface area contributed by atoms with Crippen molar-refractivity contribution < 1.29 is 13.2 Å². The Kier molecular flexibility index (Phi) is 6.59. The number of Topliss-reactive ketones (excluding diaryl/α,β-unsaturated/α-hetero) is 1. The van der Waals surface area contributed by atoms with E-state index in [1.807, 2.05) is 24.3 Å². The molecule has 1 aliphatic rings. The molecule has 0 saturated carbocycles. The smallest absolute Gasteiger partial charge is 0.240 e. The summed E-state index contributed by atoms with van der Waals surface area (Å²) in [5, 5.41) is 1.83. The Morgan fingerprint density at radius 2 is 1.81 bits per heavy atom. The summed E-state index contributed by atoms with van der Waals surface area (Å²) >= 11 is 0. The number of nitrogens with two attached hydrogens (primary N) is 1. The second-order valence-corrected chi connectivity index (χ2v) is 8.94. The second kappa shape index (κ2) is 8.93. The number of benzene rings is 2. The summed E-state index contributed by atoms with van der Waals surface area (Å²) in [6.07, 6.45) is 3.13. The molecule has 0 atom stereocenters. The average Bonchev–Trinajstić information content (AvgIpc) is 2.68. The summed E-state index contributed by atoms with van der Waals surface area (Å²) < 4.78 is 27.4. The first-order valence-corrected chi connectivity index (χ1v) is 10.9. The van der Waals surface area contributed by atoms with Crippen molar-refractivity contribution in [1.82, 2.24) is 9.62 Å². The number of nitrogens with one attached hydrogen (secondary N) is 1. The molecule has 0 bridgehead atoms. The highest BCUT2D eigenvalue weighted by Crippen LogP contribution is 2.20. The summed E-state index contributed by atoms with van der Waals surface area (Å²) in [5.41, 5.74) is 5.60. The zero-order valence-corrected chi connectivity index (χ0v) is 16.2. The molecule has 0 aromatic heterocycles. The molecule has 0 radical (unpaired) electrons. The second-order valence-electron chi connectivity index (χ2n) is 7.17. The van der Waals surface area contributed by atoms with Crippen LogP contribution in [0.3, 0.4) is 0 Å². The number of ketones is 1. The lowest BCUT2D eigenvalue weighted by molar-refractivity contribution is -0.119. The Bertz CT molecular complexity index is 890. The fraction of sp³-hybridized carbons (Fsp3) is 0.450. The van der Waals surface area contributed by atoms with Crippen LogP contribution in [0.15, 0.2) is 47.4 Å². The van der Waals surface area contributed by atoms with Crippen LogP contribution in [0.2, 0.25) is 0 Å². The van der Waals surface area contributed by atoms with Crippen molar-refractivity contribution >= 4 is 26.6 Å². The molecule has 3 N–H and O–H groups in total. The van der Waals surface area contributed by atoms with Gasteiger partial charge in [0.15, 0.2) is 5.78 Å². The highest BCUT2D eigenvalue weighted by molar-refractivity contribution is 7.89. The van der Waals surface area contributed by atoms with E-state index in [0.29, 0.717) is 12.5 Å². The van der Waals surface area contributed by atoms with E-state index in [2.05, 4.69) is 9.62 Å². The van der Waals surface area contributed by atoms with Gasteiger partial charge in [0.1, 0.15) is 0 Å². The van der Waals surface area contributed by atoms with Crippen molar-refractivity contribution in [2.45, 2.75) is 24.2 Å². The molecular formula is C20H27N3O3S. The Labute approximate surface area is 160 Å². The predicted molar refractivity (Wildman–Crippen MR) is 107 cm³/mol. The molecule has 0 unspecified atom stereocenters. The Hall–Kier alpha value is -1.80. The van der Waals surface area contributed by atoms with E-state index in [1.165, 1.54) is 0 Å². The standard InChI is InChI=1S/C20H27N3O3S/c21-10-7-16-8-11-23(12-9-16)15-19(24)14-22-27(25,26)20-6-5-17-3-1-2-4-18(17)13-20/h1-6,13,16,22H,7-12,14-15,21H2. The number of likely N-dealkylation sites (tertiary alicyclic amines) is 1. The Balaban J connectivity index is 1.53. The summed E-state index contributed by atoms with van der Waals surface area (Å²) in [4.78, 5) is 14.5. The Morgan fingerprint density at radius 1 is 1.11 bits per heavy atom. The lowest BCUT2D eigenvalue weighted by Gasteiger charge is -2.31. The summed E-state index contributed by atoms with van der Waals surface area (Å²) in [7, 11) is -3.71. The molecule has 2 aromatic carbocycles. The lowest BCUT2D eigenvalue weighted by atomic mass is 9.93. The molecule has 1 heterocycles. The molecule has 6 nitrogen and oxygen atoms in total.